The molecule has 0 aliphatic carbocycles. The minimum absolute atomic E-state index is 0.0401. The van der Waals surface area contributed by atoms with Gasteiger partial charge in [-0.25, -0.2) is 0 Å². The summed E-state index contributed by atoms with van der Waals surface area (Å²) in [4.78, 5) is 30.4. The molecule has 15 nitrogen and oxygen atoms in total. The molecule has 0 aromatic rings. The van der Waals surface area contributed by atoms with Gasteiger partial charge < -0.3 is 63.2 Å². The van der Waals surface area contributed by atoms with Crippen LogP contribution in [-0.4, -0.2) is 163 Å². The van der Waals surface area contributed by atoms with E-state index >= 15 is 0 Å². The Morgan fingerprint density at radius 3 is 2.02 bits per heavy atom. The molecule has 322 valence electrons. The molecule has 0 aromatic heterocycles. The van der Waals surface area contributed by atoms with E-state index < -0.39 is 102 Å². The number of aliphatic hydroxyl groups excluding tert-OH is 3. The Labute approximate surface area is 328 Å². The summed E-state index contributed by atoms with van der Waals surface area (Å²) in [6.45, 7) is 17.0. The lowest BCUT2D eigenvalue weighted by Gasteiger charge is -2.50. The minimum Gasteiger partial charge on any atom is -0.459 e. The highest BCUT2D eigenvalue weighted by molar-refractivity contribution is 5.83. The van der Waals surface area contributed by atoms with Crippen LogP contribution in [0.4, 0.5) is 0 Å². The van der Waals surface area contributed by atoms with Crippen LogP contribution in [0.1, 0.15) is 94.9 Å². The molecule has 3 aliphatic rings. The van der Waals surface area contributed by atoms with E-state index in [1.54, 1.807) is 41.5 Å². The highest BCUT2D eigenvalue weighted by Crippen LogP contribution is 2.42. The van der Waals surface area contributed by atoms with Gasteiger partial charge in [0.25, 0.3) is 0 Å². The molecule has 3 saturated heterocycles. The number of cyclic esters (lactones) is 1. The Hall–Kier alpha value is -1.34. The number of esters is 1. The van der Waals surface area contributed by atoms with Crippen LogP contribution >= 0.6 is 0 Å². The molecule has 0 unspecified atom stereocenters. The smallest absolute Gasteiger partial charge is 0.311 e. The first kappa shape index (κ1) is 48.0. The number of likely N-dealkylation sites (N-methyl/N-ethyl adjacent to an activating group) is 1. The molecule has 4 N–H and O–H groups in total. The number of hydrogen-bond donors (Lipinski definition) is 4. The van der Waals surface area contributed by atoms with Gasteiger partial charge in [0, 0.05) is 44.4 Å². The minimum atomic E-state index is -1.97. The van der Waals surface area contributed by atoms with Gasteiger partial charge >= 0.3 is 5.97 Å². The second-order valence-corrected chi connectivity index (χ2v) is 17.2. The van der Waals surface area contributed by atoms with Crippen LogP contribution in [0.3, 0.4) is 0 Å². The van der Waals surface area contributed by atoms with Crippen molar-refractivity contribution in [2.75, 3.05) is 41.5 Å². The molecule has 0 spiro atoms. The van der Waals surface area contributed by atoms with E-state index in [0.29, 0.717) is 6.42 Å². The van der Waals surface area contributed by atoms with Crippen LogP contribution in [0.2, 0.25) is 0 Å². The Bertz CT molecular complexity index is 1240. The number of aliphatic hydroxyl groups is 4. The molecule has 3 fully saturated rings. The van der Waals surface area contributed by atoms with Crippen molar-refractivity contribution in [3.63, 3.8) is 0 Å². The number of carbonyl (C=O) groups excluding carboxylic acids is 2. The number of rotatable bonds is 11. The maximum Gasteiger partial charge on any atom is 0.311 e. The lowest BCUT2D eigenvalue weighted by molar-refractivity contribution is -0.323. The van der Waals surface area contributed by atoms with E-state index in [1.807, 2.05) is 39.8 Å². The number of methoxy groups -OCH3 is 2. The average Bonchev–Trinajstić information content (AvgIpc) is 3.14. The van der Waals surface area contributed by atoms with Gasteiger partial charge in [-0.15, -0.1) is 0 Å². The summed E-state index contributed by atoms with van der Waals surface area (Å²) >= 11 is 0. The first-order valence-corrected chi connectivity index (χ1v) is 20.0. The van der Waals surface area contributed by atoms with E-state index in [4.69, 9.17) is 37.9 Å². The highest BCUT2D eigenvalue weighted by Gasteiger charge is 2.54. The van der Waals surface area contributed by atoms with E-state index in [1.165, 1.54) is 21.1 Å². The van der Waals surface area contributed by atoms with Crippen molar-refractivity contribution in [2.24, 2.45) is 23.7 Å². The third-order valence-electron chi connectivity index (χ3n) is 12.6. The van der Waals surface area contributed by atoms with Gasteiger partial charge in [0.1, 0.15) is 29.7 Å². The fourth-order valence-corrected chi connectivity index (χ4v) is 8.94. The largest absolute Gasteiger partial charge is 0.459 e. The summed E-state index contributed by atoms with van der Waals surface area (Å²) < 4.78 is 50.8. The van der Waals surface area contributed by atoms with E-state index in [9.17, 15) is 30.0 Å². The summed E-state index contributed by atoms with van der Waals surface area (Å²) in [5, 5.41) is 43.9. The van der Waals surface area contributed by atoms with Crippen molar-refractivity contribution in [2.45, 2.75) is 179 Å². The molecule has 55 heavy (non-hydrogen) atoms. The van der Waals surface area contributed by atoms with Crippen molar-refractivity contribution in [3.05, 3.63) is 0 Å². The fraction of sp³-hybridized carbons (Fsp3) is 0.950. The predicted molar refractivity (Wildman–Crippen MR) is 202 cm³/mol. The Kier molecular flexibility index (Phi) is 17.1. The quantitative estimate of drug-likeness (QED) is 0.223. The highest BCUT2D eigenvalue weighted by atomic mass is 16.7. The Balaban J connectivity index is 2.26. The molecule has 0 radical (unpaired) electrons. The average molecular weight is 792 g/mol. The molecule has 0 saturated carbocycles. The van der Waals surface area contributed by atoms with Crippen molar-refractivity contribution < 1.29 is 67.9 Å². The molecule has 18 atom stereocenters. The van der Waals surface area contributed by atoms with E-state index in [2.05, 4.69) is 0 Å². The van der Waals surface area contributed by atoms with Gasteiger partial charge in [0.15, 0.2) is 12.6 Å². The Morgan fingerprint density at radius 1 is 0.855 bits per heavy atom. The van der Waals surface area contributed by atoms with Crippen LogP contribution in [0, 0.1) is 23.7 Å². The molecule has 3 aliphatic heterocycles. The van der Waals surface area contributed by atoms with Gasteiger partial charge in [-0.2, -0.15) is 0 Å². The topological polar surface area (TPSA) is 192 Å². The summed E-state index contributed by atoms with van der Waals surface area (Å²) in [5.74, 6) is -4.47. The normalized spacial score (nSPS) is 47.0. The Morgan fingerprint density at radius 2 is 1.47 bits per heavy atom. The maximum absolute atomic E-state index is 14.3. The number of carbonyl (C=O) groups is 2. The van der Waals surface area contributed by atoms with E-state index in [-0.39, 0.29) is 50.4 Å². The van der Waals surface area contributed by atoms with Crippen LogP contribution in [-0.2, 0) is 47.5 Å². The third kappa shape index (κ3) is 10.6. The van der Waals surface area contributed by atoms with E-state index in [0.717, 1.165) is 0 Å². The summed E-state index contributed by atoms with van der Waals surface area (Å²) in [5.41, 5.74) is -4.26. The summed E-state index contributed by atoms with van der Waals surface area (Å²) in [6, 6.07) is -0.152. The zero-order valence-electron chi connectivity index (χ0n) is 35.7. The van der Waals surface area contributed by atoms with Crippen molar-refractivity contribution in [1.29, 1.82) is 0 Å². The molecule has 3 heterocycles. The number of nitrogens with zero attached hydrogens (tertiary/aromatic N) is 1. The zero-order chi connectivity index (χ0) is 41.8. The van der Waals surface area contributed by atoms with Crippen LogP contribution in [0.5, 0.6) is 0 Å². The second kappa shape index (κ2) is 19.6. The zero-order valence-corrected chi connectivity index (χ0v) is 35.7. The molecule has 0 amide bonds. The van der Waals surface area contributed by atoms with Gasteiger partial charge in [-0.1, -0.05) is 27.7 Å². The first-order valence-electron chi connectivity index (χ1n) is 20.0. The van der Waals surface area contributed by atoms with Crippen LogP contribution < -0.4 is 0 Å². The molecule has 15 heteroatoms. The van der Waals surface area contributed by atoms with Crippen molar-refractivity contribution in [3.8, 4) is 0 Å². The lowest BCUT2D eigenvalue weighted by Crippen LogP contribution is -2.62. The number of Topliss-reactive ketones (excluding diaryl/α,β-unsaturated/α-hetero) is 1. The fourth-order valence-electron chi connectivity index (χ4n) is 8.94. The predicted octanol–water partition coefficient (Wildman–Crippen LogP) is 2.46. The first-order chi connectivity index (χ1) is 25.5. The van der Waals surface area contributed by atoms with Crippen LogP contribution in [0.15, 0.2) is 0 Å². The number of hydrogen-bond acceptors (Lipinski definition) is 15. The molecule has 0 bridgehead atoms. The SMILES string of the molecule is CC[C@H]1OC(=O)[C@H](C)[C@@H](O[C@H]2C[C@@](C)(OC)[C@@H](O)[C@H](C)O2)[C@H](C)[C@@H](O[C@@H]2O[C@H](C)C[C@H](N(C)C)[C@H]2OCCO)[C@@](C)(OC)C[C@@H](C)C(=O)[C@H](C)[C@@H](O)[C@]1(C)O. The standard InChI is InChI=1S/C40H73NO14/c1-15-28-40(10,47)33(44)23(4)30(43)21(2)19-39(9,49-14)35(55-37-32(50-17-16-42)27(41(11)12)18-22(3)51-37)24(5)31(25(6)36(46)53-28)54-29-20-38(8,48-13)34(45)26(7)52-29/h21-29,31-35,37,42,44-45,47H,15-20H2,1-14H3/t21-,22-,23+,24+,25-,26+,27+,28-,29+,31+,32-,33-,34+,35-,37+,38-,39+,40-/m1/s1. The lowest BCUT2D eigenvalue weighted by atomic mass is 9.74. The summed E-state index contributed by atoms with van der Waals surface area (Å²) in [7, 11) is 6.91. The second-order valence-electron chi connectivity index (χ2n) is 17.2. The van der Waals surface area contributed by atoms with Gasteiger partial charge in [0.2, 0.25) is 0 Å². The molecule has 3 rings (SSSR count). The van der Waals surface area contributed by atoms with Gasteiger partial charge in [-0.05, 0) is 74.9 Å². The third-order valence-corrected chi connectivity index (χ3v) is 12.6. The van der Waals surface area contributed by atoms with Crippen LogP contribution in [0.25, 0.3) is 0 Å². The summed E-state index contributed by atoms with van der Waals surface area (Å²) in [6.07, 6.45) is -8.11. The number of ketones is 1. The monoisotopic (exact) mass is 792 g/mol. The molecular formula is C40H73NO14. The maximum atomic E-state index is 14.3. The molecular weight excluding hydrogens is 718 g/mol. The van der Waals surface area contributed by atoms with Crippen molar-refractivity contribution >= 4 is 11.8 Å². The van der Waals surface area contributed by atoms with Gasteiger partial charge in [-0.3, -0.25) is 9.59 Å². The molecule has 0 aromatic carbocycles. The van der Waals surface area contributed by atoms with Gasteiger partial charge in [0.05, 0.1) is 60.9 Å². The number of ether oxygens (including phenoxy) is 8. The van der Waals surface area contributed by atoms with Crippen molar-refractivity contribution in [1.82, 2.24) is 4.90 Å².